The Labute approximate surface area is 105 Å². The highest BCUT2D eigenvalue weighted by Gasteiger charge is 2.27. The summed E-state index contributed by atoms with van der Waals surface area (Å²) in [5.41, 5.74) is 1.30. The summed E-state index contributed by atoms with van der Waals surface area (Å²) in [6.45, 7) is 1.74. The first kappa shape index (κ1) is 11.0. The number of nitrogens with zero attached hydrogens (tertiary/aromatic N) is 1. The van der Waals surface area contributed by atoms with Crippen molar-refractivity contribution in [1.82, 2.24) is 4.98 Å². The van der Waals surface area contributed by atoms with Gasteiger partial charge in [-0.2, -0.15) is 0 Å². The number of fused-ring (bicyclic) bond motifs is 1. The second-order valence-electron chi connectivity index (χ2n) is 4.50. The van der Waals surface area contributed by atoms with Crippen molar-refractivity contribution in [3.8, 4) is 0 Å². The van der Waals surface area contributed by atoms with Crippen LogP contribution in [-0.2, 0) is 5.60 Å². The van der Waals surface area contributed by atoms with Gasteiger partial charge in [0.25, 0.3) is 0 Å². The largest absolute Gasteiger partial charge is 0.472 e. The molecule has 18 heavy (non-hydrogen) atoms. The smallest absolute Gasteiger partial charge is 0.116 e. The number of hydrogen-bond acceptors (Lipinski definition) is 3. The van der Waals surface area contributed by atoms with Gasteiger partial charge < -0.3 is 9.52 Å². The van der Waals surface area contributed by atoms with E-state index in [2.05, 4.69) is 4.98 Å². The van der Waals surface area contributed by atoms with Crippen LogP contribution in [0.3, 0.4) is 0 Å². The number of pyridine rings is 1. The van der Waals surface area contributed by atoms with Gasteiger partial charge in [0.15, 0.2) is 0 Å². The first-order chi connectivity index (χ1) is 8.68. The molecule has 3 aromatic rings. The zero-order valence-electron chi connectivity index (χ0n) is 10.00. The van der Waals surface area contributed by atoms with Gasteiger partial charge in [0.05, 0.1) is 18.0 Å². The Kier molecular flexibility index (Phi) is 2.42. The third-order valence-corrected chi connectivity index (χ3v) is 3.24. The molecule has 0 fully saturated rings. The Morgan fingerprint density at radius 2 is 2.00 bits per heavy atom. The zero-order valence-corrected chi connectivity index (χ0v) is 10.00. The summed E-state index contributed by atoms with van der Waals surface area (Å²) < 4.78 is 5.03. The van der Waals surface area contributed by atoms with E-state index < -0.39 is 5.60 Å². The van der Waals surface area contributed by atoms with Crippen LogP contribution in [0.25, 0.3) is 10.9 Å². The number of aromatic nitrogens is 1. The molecule has 1 N–H and O–H groups in total. The van der Waals surface area contributed by atoms with E-state index in [1.54, 1.807) is 31.7 Å². The summed E-state index contributed by atoms with van der Waals surface area (Å²) in [4.78, 5) is 4.37. The van der Waals surface area contributed by atoms with Gasteiger partial charge in [0.1, 0.15) is 5.60 Å². The van der Waals surface area contributed by atoms with Crippen molar-refractivity contribution in [3.63, 3.8) is 0 Å². The summed E-state index contributed by atoms with van der Waals surface area (Å²) >= 11 is 0. The molecule has 0 bridgehead atoms. The van der Waals surface area contributed by atoms with Crippen LogP contribution >= 0.6 is 0 Å². The van der Waals surface area contributed by atoms with Crippen molar-refractivity contribution in [2.75, 3.05) is 0 Å². The quantitative estimate of drug-likeness (QED) is 0.747. The van der Waals surface area contributed by atoms with Crippen molar-refractivity contribution < 1.29 is 9.52 Å². The van der Waals surface area contributed by atoms with E-state index in [4.69, 9.17) is 4.42 Å². The van der Waals surface area contributed by atoms with Gasteiger partial charge in [-0.3, -0.25) is 4.98 Å². The van der Waals surface area contributed by atoms with E-state index in [-0.39, 0.29) is 0 Å². The highest BCUT2D eigenvalue weighted by molar-refractivity contribution is 5.79. The first-order valence-electron chi connectivity index (χ1n) is 5.78. The summed E-state index contributed by atoms with van der Waals surface area (Å²) in [7, 11) is 0. The molecule has 0 aliphatic carbocycles. The Balaban J connectivity index is 2.14. The minimum atomic E-state index is -1.09. The molecular formula is C15H13NO2. The molecular weight excluding hydrogens is 226 g/mol. The molecule has 1 atom stereocenters. The maximum Gasteiger partial charge on any atom is 0.116 e. The van der Waals surface area contributed by atoms with E-state index in [0.717, 1.165) is 22.0 Å². The zero-order chi connectivity index (χ0) is 12.6. The fourth-order valence-corrected chi connectivity index (χ4v) is 2.05. The number of aliphatic hydroxyl groups is 1. The lowest BCUT2D eigenvalue weighted by Crippen LogP contribution is -2.22. The summed E-state index contributed by atoms with van der Waals surface area (Å²) in [5.74, 6) is 0. The van der Waals surface area contributed by atoms with Gasteiger partial charge in [-0.05, 0) is 25.1 Å². The molecule has 1 aromatic carbocycles. The molecule has 90 valence electrons. The second kappa shape index (κ2) is 3.96. The fourth-order valence-electron chi connectivity index (χ4n) is 2.05. The lowest BCUT2D eigenvalue weighted by Gasteiger charge is -2.22. The molecule has 3 heteroatoms. The summed E-state index contributed by atoms with van der Waals surface area (Å²) in [6, 6.07) is 11.6. The van der Waals surface area contributed by atoms with Gasteiger partial charge in [0.2, 0.25) is 0 Å². The minimum Gasteiger partial charge on any atom is -0.472 e. The number of rotatable bonds is 2. The van der Waals surface area contributed by atoms with Gasteiger partial charge >= 0.3 is 0 Å². The first-order valence-corrected chi connectivity index (χ1v) is 5.78. The molecule has 0 amide bonds. The van der Waals surface area contributed by atoms with Crippen LogP contribution in [0.2, 0.25) is 0 Å². The van der Waals surface area contributed by atoms with Crippen molar-refractivity contribution in [2.45, 2.75) is 12.5 Å². The SMILES string of the molecule is CC(O)(c1ccoc1)c1cnc2ccccc2c1. The molecule has 0 saturated carbocycles. The highest BCUT2D eigenvalue weighted by Crippen LogP contribution is 2.30. The van der Waals surface area contributed by atoms with Gasteiger partial charge in [0, 0.05) is 22.7 Å². The predicted molar refractivity (Wildman–Crippen MR) is 69.1 cm³/mol. The average Bonchev–Trinajstić information content (AvgIpc) is 2.92. The minimum absolute atomic E-state index is 0.722. The number of para-hydroxylation sites is 1. The highest BCUT2D eigenvalue weighted by atomic mass is 16.3. The van der Waals surface area contributed by atoms with E-state index in [1.165, 1.54) is 0 Å². The van der Waals surface area contributed by atoms with Crippen LogP contribution in [0.4, 0.5) is 0 Å². The molecule has 0 spiro atoms. The normalized spacial score (nSPS) is 14.6. The maximum atomic E-state index is 10.6. The van der Waals surface area contributed by atoms with Gasteiger partial charge in [-0.1, -0.05) is 18.2 Å². The monoisotopic (exact) mass is 239 g/mol. The van der Waals surface area contributed by atoms with Crippen molar-refractivity contribution in [1.29, 1.82) is 0 Å². The Bertz CT molecular complexity index is 672. The molecule has 0 aliphatic heterocycles. The molecule has 2 heterocycles. The maximum absolute atomic E-state index is 10.6. The third-order valence-electron chi connectivity index (χ3n) is 3.24. The predicted octanol–water partition coefficient (Wildman–Crippen LogP) is 3.08. The lowest BCUT2D eigenvalue weighted by atomic mass is 9.90. The molecule has 1 unspecified atom stereocenters. The Morgan fingerprint density at radius 1 is 1.17 bits per heavy atom. The van der Waals surface area contributed by atoms with E-state index in [0.29, 0.717) is 0 Å². The van der Waals surface area contributed by atoms with E-state index >= 15 is 0 Å². The van der Waals surface area contributed by atoms with Crippen molar-refractivity contribution in [3.05, 3.63) is 66.2 Å². The average molecular weight is 239 g/mol. The van der Waals surface area contributed by atoms with Crippen LogP contribution < -0.4 is 0 Å². The lowest BCUT2D eigenvalue weighted by molar-refractivity contribution is 0.101. The molecule has 0 radical (unpaired) electrons. The standard InChI is InChI=1S/C15H13NO2/c1-15(17,12-6-7-18-10-12)13-8-11-4-2-3-5-14(11)16-9-13/h2-10,17H,1H3. The molecule has 3 rings (SSSR count). The molecule has 2 aromatic heterocycles. The van der Waals surface area contributed by atoms with Crippen LogP contribution in [0.5, 0.6) is 0 Å². The Hall–Kier alpha value is -2.13. The van der Waals surface area contributed by atoms with Crippen molar-refractivity contribution in [2.24, 2.45) is 0 Å². The second-order valence-corrected chi connectivity index (χ2v) is 4.50. The number of furan rings is 1. The summed E-state index contributed by atoms with van der Waals surface area (Å²) in [6.07, 6.45) is 4.81. The van der Waals surface area contributed by atoms with Crippen LogP contribution in [0.15, 0.2) is 59.5 Å². The van der Waals surface area contributed by atoms with Crippen molar-refractivity contribution >= 4 is 10.9 Å². The van der Waals surface area contributed by atoms with E-state index in [1.807, 2.05) is 30.3 Å². The van der Waals surface area contributed by atoms with Gasteiger partial charge in [-0.15, -0.1) is 0 Å². The number of hydrogen-bond donors (Lipinski definition) is 1. The fraction of sp³-hybridized carbons (Fsp3) is 0.133. The topological polar surface area (TPSA) is 46.3 Å². The van der Waals surface area contributed by atoms with Gasteiger partial charge in [-0.25, -0.2) is 0 Å². The summed E-state index contributed by atoms with van der Waals surface area (Å²) in [5, 5.41) is 11.6. The third kappa shape index (κ3) is 1.69. The molecule has 0 saturated heterocycles. The Morgan fingerprint density at radius 3 is 2.78 bits per heavy atom. The number of benzene rings is 1. The van der Waals surface area contributed by atoms with E-state index in [9.17, 15) is 5.11 Å². The van der Waals surface area contributed by atoms with Crippen LogP contribution in [0, 0.1) is 0 Å². The molecule has 3 nitrogen and oxygen atoms in total. The van der Waals surface area contributed by atoms with Crippen LogP contribution in [-0.4, -0.2) is 10.1 Å². The molecule has 0 aliphatic rings. The van der Waals surface area contributed by atoms with Crippen LogP contribution in [0.1, 0.15) is 18.1 Å².